The number of halogens is 1. The van der Waals surface area contributed by atoms with Gasteiger partial charge in [0, 0.05) is 27.5 Å². The molecule has 0 amide bonds. The molecule has 0 saturated carbocycles. The molecule has 2 aromatic rings. The Hall–Kier alpha value is -1.79. The molecule has 2 rings (SSSR count). The number of fused-ring (bicyclic) bond motifs is 1. The van der Waals surface area contributed by atoms with Crippen molar-refractivity contribution in [2.75, 3.05) is 11.9 Å². The zero-order chi connectivity index (χ0) is 12.3. The maximum Gasteiger partial charge on any atom is 0.0998 e. The standard InChI is InChI=1S/C14H11BrN2/c1-10(15)9-17-14-7-6-11(8-16)12-4-2-3-5-13(12)14/h2-7,17H,1,9H2. The Balaban J connectivity index is 2.52. The molecular formula is C14H11BrN2. The summed E-state index contributed by atoms with van der Waals surface area (Å²) in [5.74, 6) is 0. The number of nitrogens with one attached hydrogen (secondary N) is 1. The Morgan fingerprint density at radius 1 is 1.24 bits per heavy atom. The van der Waals surface area contributed by atoms with E-state index in [4.69, 9.17) is 5.26 Å². The highest BCUT2D eigenvalue weighted by Crippen LogP contribution is 2.26. The van der Waals surface area contributed by atoms with Gasteiger partial charge in [-0.15, -0.1) is 0 Å². The van der Waals surface area contributed by atoms with Gasteiger partial charge in [-0.1, -0.05) is 46.8 Å². The normalized spacial score (nSPS) is 9.88. The van der Waals surface area contributed by atoms with Crippen molar-refractivity contribution in [2.24, 2.45) is 0 Å². The second-order valence-corrected chi connectivity index (χ2v) is 4.81. The molecule has 0 spiro atoms. The van der Waals surface area contributed by atoms with Gasteiger partial charge in [-0.05, 0) is 12.1 Å². The van der Waals surface area contributed by atoms with Gasteiger partial charge >= 0.3 is 0 Å². The molecular weight excluding hydrogens is 276 g/mol. The number of hydrogen-bond acceptors (Lipinski definition) is 2. The average molecular weight is 287 g/mol. The van der Waals surface area contributed by atoms with E-state index >= 15 is 0 Å². The summed E-state index contributed by atoms with van der Waals surface area (Å²) >= 11 is 3.31. The lowest BCUT2D eigenvalue weighted by Crippen LogP contribution is -2.01. The van der Waals surface area contributed by atoms with Crippen molar-refractivity contribution in [3.05, 3.63) is 53.0 Å². The van der Waals surface area contributed by atoms with Gasteiger partial charge in [0.15, 0.2) is 0 Å². The fourth-order valence-electron chi connectivity index (χ4n) is 1.74. The second-order valence-electron chi connectivity index (χ2n) is 3.69. The maximum absolute atomic E-state index is 9.05. The molecule has 0 saturated heterocycles. The van der Waals surface area contributed by atoms with E-state index in [2.05, 4.69) is 33.9 Å². The van der Waals surface area contributed by atoms with E-state index in [-0.39, 0.29) is 0 Å². The number of nitrogens with zero attached hydrogens (tertiary/aromatic N) is 1. The van der Waals surface area contributed by atoms with Gasteiger partial charge in [0.25, 0.3) is 0 Å². The van der Waals surface area contributed by atoms with E-state index in [1.54, 1.807) is 0 Å². The quantitative estimate of drug-likeness (QED) is 0.925. The fourth-order valence-corrected chi connectivity index (χ4v) is 1.88. The average Bonchev–Trinajstić information content (AvgIpc) is 2.35. The van der Waals surface area contributed by atoms with Crippen molar-refractivity contribution in [1.29, 1.82) is 5.26 Å². The van der Waals surface area contributed by atoms with Crippen molar-refractivity contribution < 1.29 is 0 Å². The van der Waals surface area contributed by atoms with E-state index in [0.717, 1.165) is 20.9 Å². The molecule has 3 heteroatoms. The van der Waals surface area contributed by atoms with Crippen LogP contribution in [0.3, 0.4) is 0 Å². The molecule has 2 aromatic carbocycles. The second kappa shape index (κ2) is 5.03. The minimum absolute atomic E-state index is 0.663. The predicted octanol–water partition coefficient (Wildman–Crippen LogP) is 4.03. The topological polar surface area (TPSA) is 35.8 Å². The van der Waals surface area contributed by atoms with Crippen LogP contribution in [0, 0.1) is 11.3 Å². The molecule has 0 heterocycles. The minimum Gasteiger partial charge on any atom is -0.380 e. The summed E-state index contributed by atoms with van der Waals surface area (Å²) in [5.41, 5.74) is 1.71. The van der Waals surface area contributed by atoms with Crippen LogP contribution < -0.4 is 5.32 Å². The first-order chi connectivity index (χ1) is 8.22. The first-order valence-corrected chi connectivity index (χ1v) is 6.00. The molecule has 0 unspecified atom stereocenters. The first kappa shape index (κ1) is 11.7. The molecule has 0 bridgehead atoms. The predicted molar refractivity (Wildman–Crippen MR) is 75.2 cm³/mol. The molecule has 2 nitrogen and oxygen atoms in total. The van der Waals surface area contributed by atoms with Crippen molar-refractivity contribution in [2.45, 2.75) is 0 Å². The zero-order valence-corrected chi connectivity index (χ0v) is 10.8. The highest BCUT2D eigenvalue weighted by Gasteiger charge is 2.04. The Bertz CT molecular complexity index is 611. The van der Waals surface area contributed by atoms with Crippen LogP contribution >= 0.6 is 15.9 Å². The Kier molecular flexibility index (Phi) is 3.46. The fraction of sp³-hybridized carbons (Fsp3) is 0.0714. The summed E-state index contributed by atoms with van der Waals surface area (Å²) in [5, 5.41) is 14.4. The minimum atomic E-state index is 0.663. The van der Waals surface area contributed by atoms with Crippen LogP contribution in [0.4, 0.5) is 5.69 Å². The van der Waals surface area contributed by atoms with Gasteiger partial charge in [-0.25, -0.2) is 0 Å². The number of rotatable bonds is 3. The first-order valence-electron chi connectivity index (χ1n) is 5.21. The van der Waals surface area contributed by atoms with E-state index in [1.165, 1.54) is 0 Å². The Labute approximate surface area is 109 Å². The van der Waals surface area contributed by atoms with Gasteiger partial charge in [0.05, 0.1) is 11.6 Å². The molecule has 0 radical (unpaired) electrons. The van der Waals surface area contributed by atoms with Crippen LogP contribution in [-0.2, 0) is 0 Å². The van der Waals surface area contributed by atoms with Crippen molar-refractivity contribution in [3.63, 3.8) is 0 Å². The van der Waals surface area contributed by atoms with E-state index < -0.39 is 0 Å². The third-order valence-electron chi connectivity index (χ3n) is 2.52. The molecule has 0 aliphatic carbocycles. The lowest BCUT2D eigenvalue weighted by Gasteiger charge is -2.10. The lowest BCUT2D eigenvalue weighted by molar-refractivity contribution is 1.34. The largest absolute Gasteiger partial charge is 0.380 e. The number of nitriles is 1. The molecule has 0 fully saturated rings. The number of anilines is 1. The van der Waals surface area contributed by atoms with E-state index in [9.17, 15) is 0 Å². The van der Waals surface area contributed by atoms with Crippen LogP contribution in [0.15, 0.2) is 47.5 Å². The van der Waals surface area contributed by atoms with Crippen molar-refractivity contribution in [3.8, 4) is 6.07 Å². The van der Waals surface area contributed by atoms with Crippen LogP contribution in [-0.4, -0.2) is 6.54 Å². The molecule has 0 atom stereocenters. The van der Waals surface area contributed by atoms with E-state index in [1.807, 2.05) is 36.4 Å². The van der Waals surface area contributed by atoms with Gasteiger partial charge in [0.2, 0.25) is 0 Å². The maximum atomic E-state index is 9.05. The Morgan fingerprint density at radius 2 is 1.94 bits per heavy atom. The monoisotopic (exact) mass is 286 g/mol. The van der Waals surface area contributed by atoms with Gasteiger partial charge < -0.3 is 5.32 Å². The smallest absolute Gasteiger partial charge is 0.0998 e. The van der Waals surface area contributed by atoms with Crippen LogP contribution in [0.5, 0.6) is 0 Å². The molecule has 0 aromatic heterocycles. The lowest BCUT2D eigenvalue weighted by atomic mass is 10.0. The number of benzene rings is 2. The SMILES string of the molecule is C=C(Br)CNc1ccc(C#N)c2ccccc12. The van der Waals surface area contributed by atoms with Crippen LogP contribution in [0.25, 0.3) is 10.8 Å². The zero-order valence-electron chi connectivity index (χ0n) is 9.20. The highest BCUT2D eigenvalue weighted by molar-refractivity contribution is 9.11. The highest BCUT2D eigenvalue weighted by atomic mass is 79.9. The number of hydrogen-bond donors (Lipinski definition) is 1. The Morgan fingerprint density at radius 3 is 2.59 bits per heavy atom. The molecule has 1 N–H and O–H groups in total. The third-order valence-corrected chi connectivity index (χ3v) is 2.80. The molecule has 0 aliphatic rings. The van der Waals surface area contributed by atoms with Crippen LogP contribution in [0.2, 0.25) is 0 Å². The van der Waals surface area contributed by atoms with Crippen molar-refractivity contribution in [1.82, 2.24) is 0 Å². The van der Waals surface area contributed by atoms with E-state index in [0.29, 0.717) is 12.1 Å². The summed E-state index contributed by atoms with van der Waals surface area (Å²) in [7, 11) is 0. The summed E-state index contributed by atoms with van der Waals surface area (Å²) in [6, 6.07) is 13.9. The summed E-state index contributed by atoms with van der Waals surface area (Å²) < 4.78 is 0.894. The molecule has 17 heavy (non-hydrogen) atoms. The summed E-state index contributed by atoms with van der Waals surface area (Å²) in [6.45, 7) is 4.45. The van der Waals surface area contributed by atoms with Gasteiger partial charge in [-0.3, -0.25) is 0 Å². The van der Waals surface area contributed by atoms with Gasteiger partial charge in [0.1, 0.15) is 0 Å². The molecule has 0 aliphatic heterocycles. The summed E-state index contributed by atoms with van der Waals surface area (Å²) in [6.07, 6.45) is 0. The molecule has 84 valence electrons. The van der Waals surface area contributed by atoms with Gasteiger partial charge in [-0.2, -0.15) is 5.26 Å². The van der Waals surface area contributed by atoms with Crippen molar-refractivity contribution >= 4 is 32.4 Å². The third kappa shape index (κ3) is 2.48. The van der Waals surface area contributed by atoms with Crippen LogP contribution in [0.1, 0.15) is 5.56 Å². The summed E-state index contributed by atoms with van der Waals surface area (Å²) in [4.78, 5) is 0.